The Morgan fingerprint density at radius 3 is 2.24 bits per heavy atom. The van der Waals surface area contributed by atoms with Crippen molar-refractivity contribution in [3.05, 3.63) is 78.9 Å². The van der Waals surface area contributed by atoms with Gasteiger partial charge in [-0.2, -0.15) is 5.26 Å². The van der Waals surface area contributed by atoms with Gasteiger partial charge in [0.2, 0.25) is 0 Å². The summed E-state index contributed by atoms with van der Waals surface area (Å²) in [7, 11) is 1.26. The smallest absolute Gasteiger partial charge is 0.349 e. The lowest BCUT2D eigenvalue weighted by Crippen LogP contribution is -2.07. The van der Waals surface area contributed by atoms with Gasteiger partial charge in [0.1, 0.15) is 11.6 Å². The molecule has 3 nitrogen and oxygen atoms in total. The van der Waals surface area contributed by atoms with Gasteiger partial charge in [0.25, 0.3) is 0 Å². The number of allylic oxidation sites excluding steroid dienone is 4. The van der Waals surface area contributed by atoms with Crippen LogP contribution in [0.2, 0.25) is 0 Å². The second kappa shape index (κ2) is 9.99. The summed E-state index contributed by atoms with van der Waals surface area (Å²) in [5, 5.41) is 9.23. The molecular formula is C18H19NO2. The Bertz CT molecular complexity index is 589. The fourth-order valence-electron chi connectivity index (χ4n) is 1.73. The summed E-state index contributed by atoms with van der Waals surface area (Å²) in [6.45, 7) is 11.5. The van der Waals surface area contributed by atoms with Crippen LogP contribution in [0.3, 0.4) is 0 Å². The number of benzene rings is 1. The zero-order valence-corrected chi connectivity index (χ0v) is 12.4. The first-order valence-corrected chi connectivity index (χ1v) is 6.26. The molecule has 1 aromatic rings. The first kappa shape index (κ1) is 18.1. The van der Waals surface area contributed by atoms with Crippen molar-refractivity contribution in [3.63, 3.8) is 0 Å². The minimum Gasteiger partial charge on any atom is -0.465 e. The summed E-state index contributed by atoms with van der Waals surface area (Å²) in [5.74, 6) is -0.650. The third-order valence-corrected chi connectivity index (χ3v) is 2.63. The molecule has 0 radical (unpaired) electrons. The van der Waals surface area contributed by atoms with Crippen LogP contribution in [-0.2, 0) is 9.53 Å². The van der Waals surface area contributed by atoms with Crippen LogP contribution in [0.4, 0.5) is 0 Å². The third kappa shape index (κ3) is 4.63. The summed E-state index contributed by atoms with van der Waals surface area (Å²) < 4.78 is 4.66. The van der Waals surface area contributed by atoms with Crippen molar-refractivity contribution in [2.75, 3.05) is 7.11 Å². The molecule has 0 saturated carbocycles. The topological polar surface area (TPSA) is 50.1 Å². The van der Waals surface area contributed by atoms with E-state index in [0.717, 1.165) is 5.56 Å². The number of hydrogen-bond acceptors (Lipinski definition) is 3. The summed E-state index contributed by atoms with van der Waals surface area (Å²) in [5.41, 5.74) is 2.00. The molecule has 1 aromatic carbocycles. The summed E-state index contributed by atoms with van der Waals surface area (Å²) in [4.78, 5) is 11.7. The van der Waals surface area contributed by atoms with Crippen LogP contribution in [-0.4, -0.2) is 13.1 Å². The van der Waals surface area contributed by atoms with Crippen molar-refractivity contribution in [1.82, 2.24) is 0 Å². The lowest BCUT2D eigenvalue weighted by Gasteiger charge is -2.11. The van der Waals surface area contributed by atoms with Crippen LogP contribution in [0.1, 0.15) is 12.5 Å². The second-order valence-electron chi connectivity index (χ2n) is 3.67. The maximum atomic E-state index is 11.7. The highest BCUT2D eigenvalue weighted by Gasteiger charge is 2.18. The standard InChI is InChI=1S/C16H15NO2.C2H4/c1-4-12(5-2)15(13-9-7-6-8-10-13)14(11-17)16(18)19-3;1-2/h4-10H,1H2,2-3H3;1-2H2/b12-5+,15-14+;. The third-order valence-electron chi connectivity index (χ3n) is 2.63. The van der Waals surface area contributed by atoms with Crippen LogP contribution in [0.15, 0.2) is 73.4 Å². The lowest BCUT2D eigenvalue weighted by atomic mass is 9.93. The predicted molar refractivity (Wildman–Crippen MR) is 86.2 cm³/mol. The first-order valence-electron chi connectivity index (χ1n) is 6.26. The molecule has 0 fully saturated rings. The van der Waals surface area contributed by atoms with Crippen molar-refractivity contribution in [2.45, 2.75) is 6.92 Å². The van der Waals surface area contributed by atoms with Crippen LogP contribution < -0.4 is 0 Å². The van der Waals surface area contributed by atoms with Gasteiger partial charge in [-0.25, -0.2) is 4.79 Å². The summed E-state index contributed by atoms with van der Waals surface area (Å²) >= 11 is 0. The second-order valence-corrected chi connectivity index (χ2v) is 3.67. The molecule has 0 unspecified atom stereocenters. The summed E-state index contributed by atoms with van der Waals surface area (Å²) in [6, 6.07) is 11.1. The van der Waals surface area contributed by atoms with Gasteiger partial charge in [-0.3, -0.25) is 0 Å². The molecule has 0 aliphatic rings. The zero-order valence-electron chi connectivity index (χ0n) is 12.4. The Morgan fingerprint density at radius 2 is 1.86 bits per heavy atom. The molecule has 0 aliphatic heterocycles. The predicted octanol–water partition coefficient (Wildman–Crippen LogP) is 4.07. The van der Waals surface area contributed by atoms with Gasteiger partial charge >= 0.3 is 5.97 Å². The van der Waals surface area contributed by atoms with E-state index in [9.17, 15) is 10.1 Å². The van der Waals surface area contributed by atoms with E-state index in [1.54, 1.807) is 12.2 Å². The highest BCUT2D eigenvalue weighted by atomic mass is 16.5. The Labute approximate surface area is 126 Å². The quantitative estimate of drug-likeness (QED) is 0.275. The van der Waals surface area contributed by atoms with Gasteiger partial charge in [0.15, 0.2) is 0 Å². The molecule has 1 rings (SSSR count). The minimum atomic E-state index is -0.650. The van der Waals surface area contributed by atoms with Gasteiger partial charge in [-0.1, -0.05) is 49.1 Å². The number of ether oxygens (including phenoxy) is 1. The maximum Gasteiger partial charge on any atom is 0.349 e. The van der Waals surface area contributed by atoms with E-state index < -0.39 is 5.97 Å². The van der Waals surface area contributed by atoms with Crippen molar-refractivity contribution in [3.8, 4) is 6.07 Å². The summed E-state index contributed by atoms with van der Waals surface area (Å²) in [6.07, 6.45) is 3.41. The molecule has 0 N–H and O–H groups in total. The van der Waals surface area contributed by atoms with E-state index >= 15 is 0 Å². The van der Waals surface area contributed by atoms with Crippen molar-refractivity contribution in [2.24, 2.45) is 0 Å². The first-order chi connectivity index (χ1) is 10.2. The molecule has 0 heterocycles. The SMILES string of the molecule is C=C.C=CC(=C\C)/C(=C(/C#N)C(=O)OC)c1ccccc1. The normalized spacial score (nSPS) is 11.2. The average molecular weight is 281 g/mol. The molecule has 0 aromatic heterocycles. The average Bonchev–Trinajstić information content (AvgIpc) is 2.57. The van der Waals surface area contributed by atoms with Gasteiger partial charge in [0.05, 0.1) is 7.11 Å². The maximum absolute atomic E-state index is 11.7. The van der Waals surface area contributed by atoms with Crippen molar-refractivity contribution < 1.29 is 9.53 Å². The Balaban J connectivity index is 0.00000191. The Kier molecular flexibility index (Phi) is 8.63. The van der Waals surface area contributed by atoms with Crippen LogP contribution in [0.25, 0.3) is 5.57 Å². The minimum absolute atomic E-state index is 0.0262. The molecule has 0 atom stereocenters. The van der Waals surface area contributed by atoms with Gasteiger partial charge in [-0.05, 0) is 18.1 Å². The van der Waals surface area contributed by atoms with E-state index in [0.29, 0.717) is 11.1 Å². The van der Waals surface area contributed by atoms with E-state index in [1.807, 2.05) is 43.3 Å². The van der Waals surface area contributed by atoms with E-state index in [1.165, 1.54) is 7.11 Å². The number of nitriles is 1. The largest absolute Gasteiger partial charge is 0.465 e. The van der Waals surface area contributed by atoms with E-state index in [2.05, 4.69) is 24.5 Å². The van der Waals surface area contributed by atoms with E-state index in [-0.39, 0.29) is 5.57 Å². The van der Waals surface area contributed by atoms with Gasteiger partial charge < -0.3 is 4.74 Å². The highest BCUT2D eigenvalue weighted by molar-refractivity contribution is 6.05. The molecular weight excluding hydrogens is 262 g/mol. The molecule has 21 heavy (non-hydrogen) atoms. The molecule has 3 heteroatoms. The number of carbonyl (C=O) groups is 1. The number of methoxy groups -OCH3 is 1. The fraction of sp³-hybridized carbons (Fsp3) is 0.111. The monoisotopic (exact) mass is 281 g/mol. The molecule has 108 valence electrons. The number of hydrogen-bond donors (Lipinski definition) is 0. The lowest BCUT2D eigenvalue weighted by molar-refractivity contribution is -0.135. The Hall–Kier alpha value is -2.86. The molecule has 0 amide bonds. The highest BCUT2D eigenvalue weighted by Crippen LogP contribution is 2.27. The van der Waals surface area contributed by atoms with Crippen LogP contribution in [0.5, 0.6) is 0 Å². The molecule has 0 aliphatic carbocycles. The molecule has 0 spiro atoms. The van der Waals surface area contributed by atoms with Crippen molar-refractivity contribution >= 4 is 11.5 Å². The fourth-order valence-corrected chi connectivity index (χ4v) is 1.73. The number of rotatable bonds is 4. The van der Waals surface area contributed by atoms with E-state index in [4.69, 9.17) is 0 Å². The number of nitrogens with zero attached hydrogens (tertiary/aromatic N) is 1. The molecule has 0 bridgehead atoms. The van der Waals surface area contributed by atoms with Gasteiger partial charge in [0, 0.05) is 5.57 Å². The molecule has 0 saturated heterocycles. The zero-order chi connectivity index (χ0) is 16.3. The van der Waals surface area contributed by atoms with Gasteiger partial charge in [-0.15, -0.1) is 13.2 Å². The van der Waals surface area contributed by atoms with Crippen LogP contribution >= 0.6 is 0 Å². The van der Waals surface area contributed by atoms with Crippen LogP contribution in [0, 0.1) is 11.3 Å². The number of carbonyl (C=O) groups excluding carboxylic acids is 1. The van der Waals surface area contributed by atoms with Crippen molar-refractivity contribution in [1.29, 1.82) is 5.26 Å². The number of esters is 1. The Morgan fingerprint density at radius 1 is 1.29 bits per heavy atom.